The maximum absolute atomic E-state index is 13.4. The van der Waals surface area contributed by atoms with Gasteiger partial charge in [0.1, 0.15) is 0 Å². The van der Waals surface area contributed by atoms with Crippen LogP contribution in [0.5, 0.6) is 0 Å². The van der Waals surface area contributed by atoms with Crippen molar-refractivity contribution in [3.05, 3.63) is 0 Å². The van der Waals surface area contributed by atoms with Crippen molar-refractivity contribution in [3.8, 4) is 0 Å². The smallest absolute Gasteiger partial charge is 0.384 e. The quantitative estimate of drug-likeness (QED) is 0.112. The van der Waals surface area contributed by atoms with Gasteiger partial charge in [0.2, 0.25) is 20.4 Å². The van der Waals surface area contributed by atoms with Crippen LogP contribution >= 0.6 is 38.4 Å². The molecule has 35 heavy (non-hydrogen) atoms. The number of halogens is 2. The predicted octanol–water partition coefficient (Wildman–Crippen LogP) is 5.14. The molecule has 0 rings (SSSR count). The van der Waals surface area contributed by atoms with Crippen LogP contribution in [-0.2, 0) is 51.3 Å². The third-order valence-electron chi connectivity index (χ3n) is 3.75. The van der Waals surface area contributed by atoms with Crippen molar-refractivity contribution in [1.29, 1.82) is 0 Å². The monoisotopic (exact) mass is 586 g/mol. The summed E-state index contributed by atoms with van der Waals surface area (Å²) in [4.78, 5) is 46.0. The van der Waals surface area contributed by atoms with E-state index in [1.807, 2.05) is 0 Å². The minimum absolute atomic E-state index is 0.782. The first-order chi connectivity index (χ1) is 15.4. The highest BCUT2D eigenvalue weighted by atomic mass is 35.5. The van der Waals surface area contributed by atoms with Crippen LogP contribution in [0.3, 0.4) is 0 Å². The molecule has 206 valence electrons. The molecule has 0 aliphatic rings. The summed E-state index contributed by atoms with van der Waals surface area (Å²) < 4.78 is 51.6. The predicted molar refractivity (Wildman–Crippen MR) is 126 cm³/mol. The molecule has 0 saturated carbocycles. The Labute approximate surface area is 215 Å². The van der Waals surface area contributed by atoms with Gasteiger partial charge in [0, 0.05) is 0 Å². The zero-order chi connectivity index (χ0) is 28.1. The SMILES string of the molecule is CC(C)(C)C(=O)OCOP(=O)(O)C(Cl)(Cl)P(=O)(OCOC(=O)C(C)(C)C)OCOC(=O)C(C)(C)C. The van der Waals surface area contributed by atoms with Crippen molar-refractivity contribution < 1.29 is 56.2 Å². The highest BCUT2D eigenvalue weighted by molar-refractivity contribution is 7.79. The van der Waals surface area contributed by atoms with E-state index in [0.717, 1.165) is 0 Å². The second-order valence-corrected chi connectivity index (χ2v) is 17.2. The molecule has 0 heterocycles. The van der Waals surface area contributed by atoms with Gasteiger partial charge < -0.3 is 19.1 Å². The first-order valence-electron chi connectivity index (χ1n) is 10.1. The molecule has 1 unspecified atom stereocenters. The van der Waals surface area contributed by atoms with Crippen LogP contribution in [0, 0.1) is 16.2 Å². The van der Waals surface area contributed by atoms with Gasteiger partial charge in [0.15, 0.2) is 0 Å². The van der Waals surface area contributed by atoms with Crippen LogP contribution in [-0.4, -0.2) is 47.0 Å². The second-order valence-electron chi connectivity index (χ2n) is 10.3. The van der Waals surface area contributed by atoms with Gasteiger partial charge in [-0.05, 0) is 62.3 Å². The Bertz CT molecular complexity index is 833. The number of hydrogen-bond acceptors (Lipinski definition) is 11. The van der Waals surface area contributed by atoms with Crippen molar-refractivity contribution in [2.45, 2.75) is 66.1 Å². The standard InChI is InChI=1S/C19H34Cl2O12P2/c1-16(2,3)13(22)28-10-31-34(25,26)19(20,21)35(27,32-11-29-14(23)17(4,5)6)33-12-30-15(24)18(7,8)9/h10-12H2,1-9H3,(H,25,26). The Morgan fingerprint density at radius 2 is 0.886 bits per heavy atom. The topological polar surface area (TPSA) is 161 Å². The lowest BCUT2D eigenvalue weighted by Crippen LogP contribution is -2.28. The Morgan fingerprint density at radius 1 is 0.629 bits per heavy atom. The Morgan fingerprint density at radius 3 is 1.14 bits per heavy atom. The molecule has 0 aromatic heterocycles. The van der Waals surface area contributed by atoms with E-state index in [1.54, 1.807) is 0 Å². The molecule has 16 heteroatoms. The Hall–Kier alpha value is -0.710. The Balaban J connectivity index is 5.70. The first kappa shape index (κ1) is 34.3. The molecule has 0 amide bonds. The van der Waals surface area contributed by atoms with E-state index < -0.39 is 73.5 Å². The Kier molecular flexibility index (Phi) is 12.0. The molecular formula is C19H34Cl2O12P2. The fourth-order valence-electron chi connectivity index (χ4n) is 1.52. The zero-order valence-electron chi connectivity index (χ0n) is 21.2. The molecule has 1 atom stereocenters. The average Bonchev–Trinajstić information content (AvgIpc) is 2.64. The van der Waals surface area contributed by atoms with E-state index in [-0.39, 0.29) is 0 Å². The van der Waals surface area contributed by atoms with Crippen LogP contribution < -0.4 is 0 Å². The first-order valence-corrected chi connectivity index (χ1v) is 14.0. The van der Waals surface area contributed by atoms with Gasteiger partial charge >= 0.3 is 36.9 Å². The minimum atomic E-state index is -5.36. The van der Waals surface area contributed by atoms with Crippen molar-refractivity contribution in [2.75, 3.05) is 20.4 Å². The van der Waals surface area contributed by atoms with E-state index in [0.29, 0.717) is 0 Å². The summed E-state index contributed by atoms with van der Waals surface area (Å²) in [5.74, 6) is -2.35. The third-order valence-corrected chi connectivity index (χ3v) is 10.5. The largest absolute Gasteiger partial charge is 0.438 e. The molecule has 0 fully saturated rings. The van der Waals surface area contributed by atoms with Gasteiger partial charge in [-0.25, -0.2) is 0 Å². The fraction of sp³-hybridized carbons (Fsp3) is 0.842. The van der Waals surface area contributed by atoms with Gasteiger partial charge in [-0.2, -0.15) is 0 Å². The molecule has 0 aromatic rings. The van der Waals surface area contributed by atoms with E-state index in [9.17, 15) is 28.4 Å². The van der Waals surface area contributed by atoms with Gasteiger partial charge in [-0.3, -0.25) is 37.1 Å². The van der Waals surface area contributed by atoms with E-state index in [1.165, 1.54) is 62.3 Å². The lowest BCUT2D eigenvalue weighted by molar-refractivity contribution is -0.162. The van der Waals surface area contributed by atoms with Crippen LogP contribution in [0.1, 0.15) is 62.3 Å². The molecule has 0 bridgehead atoms. The molecular weight excluding hydrogens is 553 g/mol. The summed E-state index contributed by atoms with van der Waals surface area (Å²) >= 11 is 11.9. The number of carbonyl (C=O) groups is 3. The zero-order valence-corrected chi connectivity index (χ0v) is 24.5. The number of esters is 3. The van der Waals surface area contributed by atoms with Gasteiger partial charge in [-0.15, -0.1) is 0 Å². The average molecular weight is 587 g/mol. The lowest BCUT2D eigenvalue weighted by Gasteiger charge is -2.31. The normalized spacial score (nSPS) is 15.2. The molecule has 0 aliphatic heterocycles. The summed E-state index contributed by atoms with van der Waals surface area (Å²) in [6.45, 7) is 10.5. The number of rotatable bonds is 11. The van der Waals surface area contributed by atoms with E-state index in [4.69, 9.17) is 46.5 Å². The number of ether oxygens (including phenoxy) is 3. The molecule has 12 nitrogen and oxygen atoms in total. The van der Waals surface area contributed by atoms with Crippen molar-refractivity contribution >= 4 is 56.3 Å². The molecule has 1 N–H and O–H groups in total. The molecule has 0 spiro atoms. The van der Waals surface area contributed by atoms with E-state index in [2.05, 4.69) is 4.52 Å². The third kappa shape index (κ3) is 10.3. The second kappa shape index (κ2) is 12.2. The van der Waals surface area contributed by atoms with Crippen LogP contribution in [0.15, 0.2) is 0 Å². The highest BCUT2D eigenvalue weighted by Gasteiger charge is 2.64. The van der Waals surface area contributed by atoms with Gasteiger partial charge in [-0.1, -0.05) is 23.2 Å². The summed E-state index contributed by atoms with van der Waals surface area (Å²) in [6.07, 6.45) is 0. The number of hydrogen-bond donors (Lipinski definition) is 1. The maximum Gasteiger partial charge on any atom is 0.384 e. The highest BCUT2D eigenvalue weighted by Crippen LogP contribution is 2.79. The van der Waals surface area contributed by atoms with Crippen molar-refractivity contribution in [1.82, 2.24) is 0 Å². The van der Waals surface area contributed by atoms with Crippen molar-refractivity contribution in [3.63, 3.8) is 0 Å². The molecule has 0 aliphatic carbocycles. The van der Waals surface area contributed by atoms with Crippen molar-refractivity contribution in [2.24, 2.45) is 16.2 Å². The molecule has 0 aromatic carbocycles. The summed E-state index contributed by atoms with van der Waals surface area (Å²) in [7, 11) is -10.5. The summed E-state index contributed by atoms with van der Waals surface area (Å²) in [5, 5.41) is 0. The van der Waals surface area contributed by atoms with Gasteiger partial charge in [0.05, 0.1) is 16.2 Å². The molecule has 0 saturated heterocycles. The lowest BCUT2D eigenvalue weighted by atomic mass is 9.98. The molecule has 0 radical (unpaired) electrons. The minimum Gasteiger partial charge on any atom is -0.438 e. The van der Waals surface area contributed by atoms with Crippen LogP contribution in [0.2, 0.25) is 0 Å². The summed E-state index contributed by atoms with van der Waals surface area (Å²) in [6, 6.07) is 0. The maximum atomic E-state index is 13.4. The number of alkyl halides is 2. The fourth-order valence-corrected chi connectivity index (χ4v) is 5.28. The van der Waals surface area contributed by atoms with Gasteiger partial charge in [0.25, 0.3) is 0 Å². The van der Waals surface area contributed by atoms with Crippen LogP contribution in [0.25, 0.3) is 0 Å². The van der Waals surface area contributed by atoms with Crippen LogP contribution in [0.4, 0.5) is 0 Å². The summed E-state index contributed by atoms with van der Waals surface area (Å²) in [5.41, 5.74) is -2.90. The number of carbonyl (C=O) groups excluding carboxylic acids is 3. The van der Waals surface area contributed by atoms with E-state index >= 15 is 0 Å².